The number of sulfonamides is 1. The molecule has 1 aliphatic carbocycles. The second-order valence-corrected chi connectivity index (χ2v) is 8.32. The lowest BCUT2D eigenvalue weighted by Gasteiger charge is -2.16. The zero-order valence-electron chi connectivity index (χ0n) is 11.1. The van der Waals surface area contributed by atoms with Gasteiger partial charge in [0, 0.05) is 29.9 Å². The lowest BCUT2D eigenvalue weighted by molar-refractivity contribution is 0.454. The van der Waals surface area contributed by atoms with Crippen LogP contribution in [0.2, 0.25) is 0 Å². The molecule has 0 amide bonds. The molecule has 4 nitrogen and oxygen atoms in total. The van der Waals surface area contributed by atoms with Crippen LogP contribution in [-0.2, 0) is 10.0 Å². The highest BCUT2D eigenvalue weighted by Gasteiger charge is 2.27. The summed E-state index contributed by atoms with van der Waals surface area (Å²) in [5.74, 6) is 1.32. The Hall–Kier alpha value is -0.720. The highest BCUT2D eigenvalue weighted by atomic mass is 32.2. The highest BCUT2D eigenvalue weighted by molar-refractivity contribution is 8.00. The summed E-state index contributed by atoms with van der Waals surface area (Å²) < 4.78 is 25.6. The third-order valence-corrected chi connectivity index (χ3v) is 6.23. The van der Waals surface area contributed by atoms with Gasteiger partial charge in [0.2, 0.25) is 10.0 Å². The van der Waals surface area contributed by atoms with Gasteiger partial charge in [-0.25, -0.2) is 12.7 Å². The maximum atomic E-state index is 12.0. The van der Waals surface area contributed by atoms with Crippen LogP contribution in [0.15, 0.2) is 29.2 Å². The van der Waals surface area contributed by atoms with Gasteiger partial charge in [0.15, 0.2) is 0 Å². The van der Waals surface area contributed by atoms with Crippen LogP contribution in [0.1, 0.15) is 12.8 Å². The number of rotatable bonds is 7. The standard InChI is InChI=1S/C13H20N2O2S2/c1-15(10-11-5-6-11)19(16,17)8-7-18-13-4-2-3-12(14)9-13/h2-4,9,11H,5-8,10,14H2,1H3. The molecule has 106 valence electrons. The number of nitrogen functional groups attached to an aromatic ring is 1. The second kappa shape index (κ2) is 6.15. The first-order valence-corrected chi connectivity index (χ1v) is 8.99. The minimum Gasteiger partial charge on any atom is -0.399 e. The third kappa shape index (κ3) is 4.71. The molecule has 1 aliphatic rings. The van der Waals surface area contributed by atoms with Gasteiger partial charge in [-0.05, 0) is 37.0 Å². The van der Waals surface area contributed by atoms with Crippen LogP contribution in [0.3, 0.4) is 0 Å². The van der Waals surface area contributed by atoms with Crippen molar-refractivity contribution in [2.45, 2.75) is 17.7 Å². The third-order valence-electron chi connectivity index (χ3n) is 3.16. The topological polar surface area (TPSA) is 63.4 Å². The Bertz CT molecular complexity index is 527. The number of thioether (sulfide) groups is 1. The van der Waals surface area contributed by atoms with Crippen LogP contribution in [0.5, 0.6) is 0 Å². The number of hydrogen-bond acceptors (Lipinski definition) is 4. The average Bonchev–Trinajstić information content (AvgIpc) is 3.12. The summed E-state index contributed by atoms with van der Waals surface area (Å²) in [5, 5.41) is 0. The fraction of sp³-hybridized carbons (Fsp3) is 0.538. The van der Waals surface area contributed by atoms with Crippen molar-refractivity contribution in [2.24, 2.45) is 5.92 Å². The van der Waals surface area contributed by atoms with Crippen molar-refractivity contribution < 1.29 is 8.42 Å². The van der Waals surface area contributed by atoms with Gasteiger partial charge in [0.05, 0.1) is 5.75 Å². The van der Waals surface area contributed by atoms with Gasteiger partial charge in [-0.2, -0.15) is 0 Å². The van der Waals surface area contributed by atoms with E-state index >= 15 is 0 Å². The molecule has 2 rings (SSSR count). The maximum absolute atomic E-state index is 12.0. The van der Waals surface area contributed by atoms with Crippen LogP contribution < -0.4 is 5.73 Å². The summed E-state index contributed by atoms with van der Waals surface area (Å²) in [7, 11) is -1.43. The van der Waals surface area contributed by atoms with E-state index in [0.717, 1.165) is 17.7 Å². The van der Waals surface area contributed by atoms with Crippen molar-refractivity contribution in [1.29, 1.82) is 0 Å². The van der Waals surface area contributed by atoms with Crippen molar-refractivity contribution in [3.63, 3.8) is 0 Å². The predicted molar refractivity (Wildman–Crippen MR) is 80.7 cm³/mol. The minimum absolute atomic E-state index is 0.176. The summed E-state index contributed by atoms with van der Waals surface area (Å²) in [6, 6.07) is 7.52. The van der Waals surface area contributed by atoms with Gasteiger partial charge in [-0.1, -0.05) is 6.07 Å². The molecule has 0 aromatic heterocycles. The van der Waals surface area contributed by atoms with E-state index in [-0.39, 0.29) is 5.75 Å². The van der Waals surface area contributed by atoms with Crippen molar-refractivity contribution in [1.82, 2.24) is 4.31 Å². The quantitative estimate of drug-likeness (QED) is 0.618. The first-order chi connectivity index (χ1) is 8.97. The van der Waals surface area contributed by atoms with Crippen molar-refractivity contribution in [2.75, 3.05) is 30.8 Å². The zero-order chi connectivity index (χ0) is 13.9. The summed E-state index contributed by atoms with van der Waals surface area (Å²) in [6.45, 7) is 0.672. The molecule has 0 unspecified atom stereocenters. The first-order valence-electron chi connectivity index (χ1n) is 6.40. The van der Waals surface area contributed by atoms with Crippen LogP contribution in [0, 0.1) is 5.92 Å². The van der Waals surface area contributed by atoms with E-state index in [1.807, 2.05) is 24.3 Å². The van der Waals surface area contributed by atoms with Gasteiger partial charge in [-0.3, -0.25) is 0 Å². The smallest absolute Gasteiger partial charge is 0.214 e. The molecule has 0 radical (unpaired) electrons. The van der Waals surface area contributed by atoms with Gasteiger partial charge in [-0.15, -0.1) is 11.8 Å². The summed E-state index contributed by atoms with van der Waals surface area (Å²) >= 11 is 1.53. The molecule has 0 atom stereocenters. The number of nitrogens with zero attached hydrogens (tertiary/aromatic N) is 1. The van der Waals surface area contributed by atoms with E-state index in [9.17, 15) is 8.42 Å². The van der Waals surface area contributed by atoms with Crippen LogP contribution in [-0.4, -0.2) is 37.8 Å². The molecule has 19 heavy (non-hydrogen) atoms. The Kier molecular flexibility index (Phi) is 4.76. The molecule has 0 spiro atoms. The lowest BCUT2D eigenvalue weighted by Crippen LogP contribution is -2.31. The number of hydrogen-bond donors (Lipinski definition) is 1. The molecule has 1 saturated carbocycles. The van der Waals surface area contributed by atoms with Crippen LogP contribution in [0.4, 0.5) is 5.69 Å². The molecule has 2 N–H and O–H groups in total. The van der Waals surface area contributed by atoms with Crippen molar-refractivity contribution >= 4 is 27.5 Å². The maximum Gasteiger partial charge on any atom is 0.214 e. The summed E-state index contributed by atoms with van der Waals surface area (Å²) in [6.07, 6.45) is 2.33. The molecule has 0 bridgehead atoms. The number of anilines is 1. The summed E-state index contributed by atoms with van der Waals surface area (Å²) in [5.41, 5.74) is 6.39. The normalized spacial score (nSPS) is 15.9. The molecular formula is C13H20N2O2S2. The largest absolute Gasteiger partial charge is 0.399 e. The van der Waals surface area contributed by atoms with Crippen molar-refractivity contribution in [3.05, 3.63) is 24.3 Å². The molecule has 6 heteroatoms. The molecule has 1 aromatic rings. The molecule has 0 aliphatic heterocycles. The van der Waals surface area contributed by atoms with E-state index in [4.69, 9.17) is 5.73 Å². The number of nitrogens with two attached hydrogens (primary N) is 1. The second-order valence-electron chi connectivity index (χ2n) is 4.96. The van der Waals surface area contributed by atoms with E-state index in [1.165, 1.54) is 16.1 Å². The fourth-order valence-corrected chi connectivity index (χ4v) is 4.36. The fourth-order valence-electron chi connectivity index (χ4n) is 1.80. The van der Waals surface area contributed by atoms with E-state index in [2.05, 4.69) is 0 Å². The Balaban J connectivity index is 1.80. The molecule has 0 saturated heterocycles. The Morgan fingerprint density at radius 2 is 2.16 bits per heavy atom. The van der Waals surface area contributed by atoms with E-state index in [0.29, 0.717) is 23.9 Å². The monoisotopic (exact) mass is 300 g/mol. The SMILES string of the molecule is CN(CC1CC1)S(=O)(=O)CCSc1cccc(N)c1. The van der Waals surface area contributed by atoms with Gasteiger partial charge in [0.1, 0.15) is 0 Å². The minimum atomic E-state index is -3.11. The van der Waals surface area contributed by atoms with Gasteiger partial charge >= 0.3 is 0 Å². The van der Waals surface area contributed by atoms with Crippen LogP contribution in [0.25, 0.3) is 0 Å². The summed E-state index contributed by atoms with van der Waals surface area (Å²) in [4.78, 5) is 1.01. The van der Waals surface area contributed by atoms with Gasteiger partial charge < -0.3 is 5.73 Å². The van der Waals surface area contributed by atoms with Crippen LogP contribution >= 0.6 is 11.8 Å². The highest BCUT2D eigenvalue weighted by Crippen LogP contribution is 2.30. The van der Waals surface area contributed by atoms with Gasteiger partial charge in [0.25, 0.3) is 0 Å². The Morgan fingerprint density at radius 1 is 1.42 bits per heavy atom. The van der Waals surface area contributed by atoms with E-state index in [1.54, 1.807) is 7.05 Å². The molecular weight excluding hydrogens is 280 g/mol. The average molecular weight is 300 g/mol. The molecule has 1 fully saturated rings. The predicted octanol–water partition coefficient (Wildman–Crippen LogP) is 2.03. The molecule has 0 heterocycles. The first kappa shape index (κ1) is 14.7. The lowest BCUT2D eigenvalue weighted by atomic mass is 10.3. The number of benzene rings is 1. The van der Waals surface area contributed by atoms with Crippen molar-refractivity contribution in [3.8, 4) is 0 Å². The van der Waals surface area contributed by atoms with E-state index < -0.39 is 10.0 Å². The zero-order valence-corrected chi connectivity index (χ0v) is 12.7. The molecule has 1 aromatic carbocycles. The Labute approximate surface area is 119 Å². The Morgan fingerprint density at radius 3 is 2.79 bits per heavy atom.